The van der Waals surface area contributed by atoms with Crippen LogP contribution < -0.4 is 10.1 Å². The highest BCUT2D eigenvalue weighted by Crippen LogP contribution is 2.43. The van der Waals surface area contributed by atoms with Crippen LogP contribution in [0.25, 0.3) is 16.8 Å². The summed E-state index contributed by atoms with van der Waals surface area (Å²) >= 11 is 0. The molecular formula is C23H27F2N5O. The summed E-state index contributed by atoms with van der Waals surface area (Å²) < 4.78 is 33.2. The molecule has 0 amide bonds. The normalized spacial score (nSPS) is 19.8. The summed E-state index contributed by atoms with van der Waals surface area (Å²) in [5.41, 5.74) is 3.97. The molecule has 164 valence electrons. The van der Waals surface area contributed by atoms with Gasteiger partial charge in [-0.05, 0) is 81.4 Å². The van der Waals surface area contributed by atoms with Crippen molar-refractivity contribution in [3.05, 3.63) is 41.6 Å². The number of hydrogen-bond acceptors (Lipinski definition) is 5. The number of anilines is 1. The van der Waals surface area contributed by atoms with Crippen LogP contribution in [0.2, 0.25) is 0 Å². The number of ether oxygens (including phenoxy) is 1. The molecular weight excluding hydrogens is 400 g/mol. The molecule has 0 bridgehead atoms. The van der Waals surface area contributed by atoms with Gasteiger partial charge < -0.3 is 15.0 Å². The summed E-state index contributed by atoms with van der Waals surface area (Å²) in [5, 5.41) is 12.4. The lowest BCUT2D eigenvalue weighted by Gasteiger charge is -2.30. The number of aryl methyl sites for hydroxylation is 1. The lowest BCUT2D eigenvalue weighted by Crippen LogP contribution is -2.40. The average Bonchev–Trinajstić information content (AvgIpc) is 3.49. The molecule has 8 heteroatoms. The average molecular weight is 427 g/mol. The van der Waals surface area contributed by atoms with Gasteiger partial charge >= 0.3 is 6.61 Å². The number of piperidine rings is 1. The third kappa shape index (κ3) is 4.21. The van der Waals surface area contributed by atoms with Gasteiger partial charge in [-0.1, -0.05) is 6.07 Å². The number of fused-ring (bicyclic) bond motifs is 1. The number of nitrogens with zero attached hydrogens (tertiary/aromatic N) is 4. The highest BCUT2D eigenvalue weighted by molar-refractivity contribution is 5.82. The first-order chi connectivity index (χ1) is 15.0. The van der Waals surface area contributed by atoms with E-state index in [1.807, 2.05) is 35.7 Å². The highest BCUT2D eigenvalue weighted by Gasteiger charge is 2.26. The molecule has 1 aliphatic carbocycles. The standard InChI is InChI=1S/C23H27F2N5O/c1-14-10-19-21(18-8-7-16(15-5-6-15)11-20(18)31-22(24)25)27-28-23(30(19)12-14)26-17-4-3-9-29(2)13-17/h7-8,10-12,15,17,22H,3-6,9,13H2,1-2H3,(H,26,28). The first-order valence-corrected chi connectivity index (χ1v) is 10.9. The maximum atomic E-state index is 13.2. The fourth-order valence-corrected chi connectivity index (χ4v) is 4.51. The van der Waals surface area contributed by atoms with Gasteiger partial charge in [0.25, 0.3) is 0 Å². The SMILES string of the molecule is Cc1cc2c(-c3ccc(C4CC4)cc3OC(F)F)nnc(NC3CCCN(C)C3)n2c1. The van der Waals surface area contributed by atoms with Gasteiger partial charge in [-0.25, -0.2) is 0 Å². The second kappa shape index (κ2) is 8.07. The molecule has 1 unspecified atom stereocenters. The second-order valence-corrected chi connectivity index (χ2v) is 8.80. The predicted molar refractivity (Wildman–Crippen MR) is 116 cm³/mol. The molecule has 2 aromatic heterocycles. The maximum absolute atomic E-state index is 13.2. The second-order valence-electron chi connectivity index (χ2n) is 8.80. The molecule has 31 heavy (non-hydrogen) atoms. The Morgan fingerprint density at radius 1 is 1.16 bits per heavy atom. The number of likely N-dealkylation sites (tertiary alicyclic amines) is 1. The van der Waals surface area contributed by atoms with Gasteiger partial charge in [-0.3, -0.25) is 4.40 Å². The topological polar surface area (TPSA) is 54.7 Å². The summed E-state index contributed by atoms with van der Waals surface area (Å²) in [6.07, 6.45) is 6.38. The number of alkyl halides is 2. The summed E-state index contributed by atoms with van der Waals surface area (Å²) in [6.45, 7) is 1.15. The molecule has 1 saturated heterocycles. The highest BCUT2D eigenvalue weighted by atomic mass is 19.3. The summed E-state index contributed by atoms with van der Waals surface area (Å²) in [4.78, 5) is 2.30. The Balaban J connectivity index is 1.55. The Bertz CT molecular complexity index is 1100. The molecule has 6 nitrogen and oxygen atoms in total. The van der Waals surface area contributed by atoms with Crippen molar-refractivity contribution in [1.29, 1.82) is 0 Å². The third-order valence-electron chi connectivity index (χ3n) is 6.16. The minimum absolute atomic E-state index is 0.157. The van der Waals surface area contributed by atoms with Crippen molar-refractivity contribution in [3.8, 4) is 17.0 Å². The van der Waals surface area contributed by atoms with Crippen molar-refractivity contribution >= 4 is 11.5 Å². The number of halogens is 2. The predicted octanol–water partition coefficient (Wildman–Crippen LogP) is 4.69. The molecule has 1 aromatic carbocycles. The zero-order chi connectivity index (χ0) is 21.5. The molecule has 0 radical (unpaired) electrons. The number of rotatable bonds is 6. The van der Waals surface area contributed by atoms with Crippen LogP contribution in [-0.2, 0) is 0 Å². The van der Waals surface area contributed by atoms with Crippen molar-refractivity contribution < 1.29 is 13.5 Å². The van der Waals surface area contributed by atoms with Crippen LogP contribution in [0, 0.1) is 6.92 Å². The Morgan fingerprint density at radius 2 is 2.00 bits per heavy atom. The lowest BCUT2D eigenvalue weighted by atomic mass is 10.0. The van der Waals surface area contributed by atoms with Gasteiger partial charge in [-0.15, -0.1) is 10.2 Å². The van der Waals surface area contributed by atoms with E-state index in [0.717, 1.165) is 55.4 Å². The quantitative estimate of drug-likeness (QED) is 0.619. The van der Waals surface area contributed by atoms with Gasteiger partial charge in [0.05, 0.1) is 5.52 Å². The minimum atomic E-state index is -2.89. The van der Waals surface area contributed by atoms with E-state index in [9.17, 15) is 8.78 Å². The van der Waals surface area contributed by atoms with E-state index in [0.29, 0.717) is 29.2 Å². The first-order valence-electron chi connectivity index (χ1n) is 10.9. The number of aromatic nitrogens is 3. The molecule has 1 aliphatic heterocycles. The Kier molecular flexibility index (Phi) is 5.25. The molecule has 1 atom stereocenters. The fourth-order valence-electron chi connectivity index (χ4n) is 4.51. The van der Waals surface area contributed by atoms with Gasteiger partial charge in [0.1, 0.15) is 11.4 Å². The number of benzene rings is 1. The minimum Gasteiger partial charge on any atom is -0.434 e. The van der Waals surface area contributed by atoms with E-state index < -0.39 is 6.61 Å². The van der Waals surface area contributed by atoms with Crippen molar-refractivity contribution in [1.82, 2.24) is 19.5 Å². The Labute approximate surface area is 180 Å². The monoisotopic (exact) mass is 427 g/mol. The molecule has 1 N–H and O–H groups in total. The van der Waals surface area contributed by atoms with Crippen LogP contribution in [0.5, 0.6) is 5.75 Å². The summed E-state index contributed by atoms with van der Waals surface area (Å²) in [6, 6.07) is 7.85. The van der Waals surface area contributed by atoms with Crippen molar-refractivity contribution in [2.75, 3.05) is 25.5 Å². The third-order valence-corrected chi connectivity index (χ3v) is 6.16. The maximum Gasteiger partial charge on any atom is 0.387 e. The van der Waals surface area contributed by atoms with Gasteiger partial charge in [-0.2, -0.15) is 8.78 Å². The van der Waals surface area contributed by atoms with Gasteiger partial charge in [0.15, 0.2) is 0 Å². The van der Waals surface area contributed by atoms with Crippen molar-refractivity contribution in [2.24, 2.45) is 0 Å². The van der Waals surface area contributed by atoms with Crippen LogP contribution in [0.3, 0.4) is 0 Å². The van der Waals surface area contributed by atoms with Gasteiger partial charge in [0, 0.05) is 24.3 Å². The van der Waals surface area contributed by atoms with Crippen molar-refractivity contribution in [2.45, 2.75) is 51.2 Å². The number of hydrogen-bond donors (Lipinski definition) is 1. The van der Waals surface area contributed by atoms with E-state index in [1.54, 1.807) is 6.07 Å². The Hall–Kier alpha value is -2.74. The van der Waals surface area contributed by atoms with E-state index >= 15 is 0 Å². The fraction of sp³-hybridized carbons (Fsp3) is 0.478. The molecule has 1 saturated carbocycles. The van der Waals surface area contributed by atoms with Crippen LogP contribution >= 0.6 is 0 Å². The molecule has 3 heterocycles. The summed E-state index contributed by atoms with van der Waals surface area (Å²) in [5.74, 6) is 1.26. The van der Waals surface area contributed by atoms with Gasteiger partial charge in [0.2, 0.25) is 5.95 Å². The van der Waals surface area contributed by atoms with E-state index in [1.165, 1.54) is 0 Å². The van der Waals surface area contributed by atoms with E-state index in [2.05, 4.69) is 27.5 Å². The van der Waals surface area contributed by atoms with Crippen LogP contribution in [-0.4, -0.2) is 52.3 Å². The Morgan fingerprint density at radius 3 is 2.74 bits per heavy atom. The molecule has 0 spiro atoms. The summed E-state index contributed by atoms with van der Waals surface area (Å²) in [7, 11) is 2.12. The smallest absolute Gasteiger partial charge is 0.387 e. The number of likely N-dealkylation sites (N-methyl/N-ethyl adjacent to an activating group) is 1. The number of nitrogens with one attached hydrogen (secondary N) is 1. The van der Waals surface area contributed by atoms with E-state index in [4.69, 9.17) is 4.74 Å². The molecule has 2 fully saturated rings. The van der Waals surface area contributed by atoms with E-state index in [-0.39, 0.29) is 5.75 Å². The largest absolute Gasteiger partial charge is 0.434 e. The van der Waals surface area contributed by atoms with Crippen LogP contribution in [0.15, 0.2) is 30.5 Å². The molecule has 2 aliphatic rings. The molecule has 5 rings (SSSR count). The van der Waals surface area contributed by atoms with Crippen LogP contribution in [0.4, 0.5) is 14.7 Å². The molecule has 3 aromatic rings. The first kappa shape index (κ1) is 20.2. The zero-order valence-corrected chi connectivity index (χ0v) is 17.8. The lowest BCUT2D eigenvalue weighted by molar-refractivity contribution is -0.0495. The van der Waals surface area contributed by atoms with Crippen LogP contribution in [0.1, 0.15) is 42.7 Å². The zero-order valence-electron chi connectivity index (χ0n) is 17.8. The van der Waals surface area contributed by atoms with Crippen molar-refractivity contribution in [3.63, 3.8) is 0 Å².